The van der Waals surface area contributed by atoms with Crippen molar-refractivity contribution in [1.82, 2.24) is 25.4 Å². The second kappa shape index (κ2) is 10.0. The SMILES string of the molecule is C=CCNC(=NCc1nnc(C)n1C)NCCc1ccco1.I. The topological polar surface area (TPSA) is 80.3 Å². The van der Waals surface area contributed by atoms with E-state index in [9.17, 15) is 0 Å². The average molecular weight is 430 g/mol. The summed E-state index contributed by atoms with van der Waals surface area (Å²) in [6.07, 6.45) is 4.26. The molecule has 2 rings (SSSR count). The zero-order chi connectivity index (χ0) is 15.8. The molecule has 7 nitrogen and oxygen atoms in total. The zero-order valence-corrected chi connectivity index (χ0v) is 15.8. The summed E-state index contributed by atoms with van der Waals surface area (Å²) in [7, 11) is 1.93. The molecule has 8 heteroatoms. The first-order valence-electron chi connectivity index (χ1n) is 7.21. The normalized spacial score (nSPS) is 11.0. The van der Waals surface area contributed by atoms with E-state index in [-0.39, 0.29) is 24.0 Å². The molecular weight excluding hydrogens is 407 g/mol. The van der Waals surface area contributed by atoms with E-state index in [2.05, 4.69) is 32.4 Å². The molecule has 126 valence electrons. The van der Waals surface area contributed by atoms with Gasteiger partial charge in [0.1, 0.15) is 18.1 Å². The highest BCUT2D eigenvalue weighted by Gasteiger charge is 2.05. The lowest BCUT2D eigenvalue weighted by molar-refractivity contribution is 0.507. The molecule has 0 saturated carbocycles. The van der Waals surface area contributed by atoms with Gasteiger partial charge in [-0.25, -0.2) is 4.99 Å². The molecule has 2 aromatic rings. The molecule has 0 atom stereocenters. The molecule has 23 heavy (non-hydrogen) atoms. The number of hydrogen-bond acceptors (Lipinski definition) is 4. The molecule has 0 aliphatic heterocycles. The Morgan fingerprint density at radius 1 is 1.43 bits per heavy atom. The van der Waals surface area contributed by atoms with E-state index in [4.69, 9.17) is 4.42 Å². The van der Waals surface area contributed by atoms with Crippen LogP contribution in [0.3, 0.4) is 0 Å². The quantitative estimate of drug-likeness (QED) is 0.303. The molecule has 0 unspecified atom stereocenters. The maximum absolute atomic E-state index is 5.31. The monoisotopic (exact) mass is 430 g/mol. The van der Waals surface area contributed by atoms with Crippen LogP contribution < -0.4 is 10.6 Å². The molecule has 2 aromatic heterocycles. The predicted molar refractivity (Wildman–Crippen MR) is 101 cm³/mol. The van der Waals surface area contributed by atoms with Gasteiger partial charge in [0.05, 0.1) is 6.26 Å². The Labute approximate surface area is 153 Å². The average Bonchev–Trinajstić information content (AvgIpc) is 3.14. The second-order valence-electron chi connectivity index (χ2n) is 4.81. The fourth-order valence-corrected chi connectivity index (χ4v) is 1.84. The summed E-state index contributed by atoms with van der Waals surface area (Å²) in [6.45, 7) is 7.45. The van der Waals surface area contributed by atoms with Gasteiger partial charge < -0.3 is 19.6 Å². The van der Waals surface area contributed by atoms with Gasteiger partial charge in [-0.3, -0.25) is 0 Å². The highest BCUT2D eigenvalue weighted by Crippen LogP contribution is 2.00. The van der Waals surface area contributed by atoms with E-state index in [0.29, 0.717) is 19.0 Å². The van der Waals surface area contributed by atoms with Crippen molar-refractivity contribution in [2.24, 2.45) is 12.0 Å². The van der Waals surface area contributed by atoms with E-state index in [1.807, 2.05) is 30.7 Å². The van der Waals surface area contributed by atoms with Crippen LogP contribution in [0.2, 0.25) is 0 Å². The number of aromatic nitrogens is 3. The van der Waals surface area contributed by atoms with Crippen LogP contribution in [0, 0.1) is 6.92 Å². The minimum Gasteiger partial charge on any atom is -0.469 e. The van der Waals surface area contributed by atoms with Crippen LogP contribution in [-0.2, 0) is 20.0 Å². The Bertz CT molecular complexity index is 620. The molecule has 0 spiro atoms. The van der Waals surface area contributed by atoms with Gasteiger partial charge in [-0.1, -0.05) is 6.08 Å². The third-order valence-electron chi connectivity index (χ3n) is 3.22. The van der Waals surface area contributed by atoms with Crippen molar-refractivity contribution < 1.29 is 4.42 Å². The third-order valence-corrected chi connectivity index (χ3v) is 3.22. The van der Waals surface area contributed by atoms with Gasteiger partial charge in [0, 0.05) is 26.6 Å². The van der Waals surface area contributed by atoms with Crippen LogP contribution in [0.1, 0.15) is 17.4 Å². The number of guanidine groups is 1. The van der Waals surface area contributed by atoms with E-state index < -0.39 is 0 Å². The number of aryl methyl sites for hydroxylation is 1. The van der Waals surface area contributed by atoms with Gasteiger partial charge in [-0.15, -0.1) is 40.8 Å². The molecule has 0 aromatic carbocycles. The molecule has 0 saturated heterocycles. The number of furan rings is 1. The van der Waals surface area contributed by atoms with Crippen molar-refractivity contribution in [3.05, 3.63) is 48.5 Å². The molecular formula is C15H23IN6O. The lowest BCUT2D eigenvalue weighted by Crippen LogP contribution is -2.38. The van der Waals surface area contributed by atoms with Gasteiger partial charge in [0.15, 0.2) is 11.8 Å². The molecule has 0 amide bonds. The number of nitrogens with one attached hydrogen (secondary N) is 2. The molecule has 0 aliphatic rings. The number of hydrogen-bond donors (Lipinski definition) is 2. The van der Waals surface area contributed by atoms with Gasteiger partial charge >= 0.3 is 0 Å². The summed E-state index contributed by atoms with van der Waals surface area (Å²) in [5, 5.41) is 14.6. The van der Waals surface area contributed by atoms with Crippen molar-refractivity contribution in [3.63, 3.8) is 0 Å². The molecule has 2 heterocycles. The summed E-state index contributed by atoms with van der Waals surface area (Å²) in [5.74, 6) is 3.35. The maximum Gasteiger partial charge on any atom is 0.191 e. The standard InChI is InChI=1S/C15H22N6O.HI/c1-4-8-16-15(17-9-7-13-6-5-10-22-13)18-11-14-20-19-12(2)21(14)3;/h4-6,10H,1,7-9,11H2,2-3H3,(H2,16,17,18);1H. The lowest BCUT2D eigenvalue weighted by atomic mass is 10.3. The van der Waals surface area contributed by atoms with E-state index in [0.717, 1.165) is 30.4 Å². The first-order valence-corrected chi connectivity index (χ1v) is 7.21. The van der Waals surface area contributed by atoms with Gasteiger partial charge in [-0.05, 0) is 19.1 Å². The van der Waals surface area contributed by atoms with Crippen LogP contribution >= 0.6 is 24.0 Å². The number of halogens is 1. The van der Waals surface area contributed by atoms with E-state index in [1.165, 1.54) is 0 Å². The molecule has 0 radical (unpaired) electrons. The van der Waals surface area contributed by atoms with Crippen molar-refractivity contribution in [2.75, 3.05) is 13.1 Å². The Balaban J connectivity index is 0.00000264. The Morgan fingerprint density at radius 2 is 2.26 bits per heavy atom. The Kier molecular flexibility index (Phi) is 8.38. The van der Waals surface area contributed by atoms with Crippen molar-refractivity contribution in [3.8, 4) is 0 Å². The molecule has 2 N–H and O–H groups in total. The highest BCUT2D eigenvalue weighted by molar-refractivity contribution is 14.0. The minimum absolute atomic E-state index is 0. The van der Waals surface area contributed by atoms with Crippen LogP contribution in [0.15, 0.2) is 40.5 Å². The van der Waals surface area contributed by atoms with Crippen LogP contribution in [0.25, 0.3) is 0 Å². The summed E-state index contributed by atoms with van der Waals surface area (Å²) < 4.78 is 7.23. The Hall–Kier alpha value is -1.84. The summed E-state index contributed by atoms with van der Waals surface area (Å²) in [4.78, 5) is 4.52. The maximum atomic E-state index is 5.31. The fourth-order valence-electron chi connectivity index (χ4n) is 1.84. The second-order valence-corrected chi connectivity index (χ2v) is 4.81. The zero-order valence-electron chi connectivity index (χ0n) is 13.5. The van der Waals surface area contributed by atoms with Crippen molar-refractivity contribution in [2.45, 2.75) is 19.9 Å². The lowest BCUT2D eigenvalue weighted by Gasteiger charge is -2.10. The third kappa shape index (κ3) is 6.05. The Morgan fingerprint density at radius 3 is 2.87 bits per heavy atom. The molecule has 0 aliphatic carbocycles. The van der Waals surface area contributed by atoms with Gasteiger partial charge in [-0.2, -0.15) is 0 Å². The fraction of sp³-hybridized carbons (Fsp3) is 0.400. The summed E-state index contributed by atoms with van der Waals surface area (Å²) >= 11 is 0. The van der Waals surface area contributed by atoms with Crippen molar-refractivity contribution in [1.29, 1.82) is 0 Å². The van der Waals surface area contributed by atoms with Crippen LogP contribution in [-0.4, -0.2) is 33.8 Å². The summed E-state index contributed by atoms with van der Waals surface area (Å²) in [6, 6.07) is 3.84. The number of rotatable bonds is 7. The van der Waals surface area contributed by atoms with E-state index in [1.54, 1.807) is 12.3 Å². The largest absolute Gasteiger partial charge is 0.469 e. The summed E-state index contributed by atoms with van der Waals surface area (Å²) in [5.41, 5.74) is 0. The van der Waals surface area contributed by atoms with Crippen molar-refractivity contribution >= 4 is 29.9 Å². The van der Waals surface area contributed by atoms with Gasteiger partial charge in [0.25, 0.3) is 0 Å². The van der Waals surface area contributed by atoms with E-state index >= 15 is 0 Å². The van der Waals surface area contributed by atoms with Crippen LogP contribution in [0.4, 0.5) is 0 Å². The molecule has 0 fully saturated rings. The first kappa shape index (κ1) is 19.2. The smallest absolute Gasteiger partial charge is 0.191 e. The molecule has 0 bridgehead atoms. The number of aliphatic imine (C=N–C) groups is 1. The minimum atomic E-state index is 0. The van der Waals surface area contributed by atoms with Gasteiger partial charge in [0.2, 0.25) is 0 Å². The number of nitrogens with zero attached hydrogens (tertiary/aromatic N) is 4. The first-order chi connectivity index (χ1) is 10.7. The highest BCUT2D eigenvalue weighted by atomic mass is 127. The predicted octanol–water partition coefficient (Wildman–Crippen LogP) is 1.80. The van der Waals surface area contributed by atoms with Crippen LogP contribution in [0.5, 0.6) is 0 Å².